The molecule has 0 aromatic carbocycles. The molecule has 0 spiro atoms. The standard InChI is InChI=1S/C8H11F3N4/c9-8(10,11)3-2-6(15-12)7-13-4-1-5-14-7/h1,4-6,15H,2-3,12H2. The van der Waals surface area contributed by atoms with Crippen molar-refractivity contribution in [3.05, 3.63) is 24.3 Å². The molecule has 7 heteroatoms. The minimum atomic E-state index is -4.19. The Hall–Kier alpha value is -1.21. The van der Waals surface area contributed by atoms with Gasteiger partial charge in [0.25, 0.3) is 0 Å². The topological polar surface area (TPSA) is 63.8 Å². The molecular formula is C8H11F3N4. The molecule has 84 valence electrons. The number of alkyl halides is 3. The van der Waals surface area contributed by atoms with E-state index in [1.165, 1.54) is 12.4 Å². The Labute approximate surface area is 84.7 Å². The van der Waals surface area contributed by atoms with E-state index in [0.29, 0.717) is 0 Å². The molecule has 0 saturated heterocycles. The number of hydrogen-bond donors (Lipinski definition) is 2. The summed E-state index contributed by atoms with van der Waals surface area (Å²) in [6, 6.07) is 0.911. The van der Waals surface area contributed by atoms with Crippen LogP contribution < -0.4 is 11.3 Å². The Morgan fingerprint density at radius 3 is 2.40 bits per heavy atom. The van der Waals surface area contributed by atoms with Gasteiger partial charge in [-0.25, -0.2) is 15.4 Å². The Morgan fingerprint density at radius 2 is 1.93 bits per heavy atom. The molecular weight excluding hydrogens is 209 g/mol. The van der Waals surface area contributed by atoms with Crippen molar-refractivity contribution in [1.29, 1.82) is 0 Å². The first-order valence-corrected chi connectivity index (χ1v) is 4.33. The number of nitrogens with zero attached hydrogens (tertiary/aromatic N) is 2. The third kappa shape index (κ3) is 4.22. The van der Waals surface area contributed by atoms with Crippen molar-refractivity contribution < 1.29 is 13.2 Å². The second-order valence-electron chi connectivity index (χ2n) is 2.98. The minimum Gasteiger partial charge on any atom is -0.271 e. The maximum atomic E-state index is 12.0. The first-order valence-electron chi connectivity index (χ1n) is 4.33. The molecule has 0 saturated carbocycles. The number of halogens is 3. The highest BCUT2D eigenvalue weighted by molar-refractivity contribution is 4.95. The van der Waals surface area contributed by atoms with E-state index >= 15 is 0 Å². The predicted octanol–water partition coefficient (Wildman–Crippen LogP) is 1.32. The molecule has 1 atom stereocenters. The highest BCUT2D eigenvalue weighted by atomic mass is 19.4. The van der Waals surface area contributed by atoms with Crippen LogP contribution in [-0.2, 0) is 0 Å². The van der Waals surface area contributed by atoms with Gasteiger partial charge >= 0.3 is 6.18 Å². The summed E-state index contributed by atoms with van der Waals surface area (Å²) in [4.78, 5) is 7.66. The van der Waals surface area contributed by atoms with Crippen molar-refractivity contribution in [2.75, 3.05) is 0 Å². The summed E-state index contributed by atoms with van der Waals surface area (Å²) in [6.45, 7) is 0. The molecule has 0 amide bonds. The summed E-state index contributed by atoms with van der Waals surface area (Å²) in [7, 11) is 0. The zero-order valence-corrected chi connectivity index (χ0v) is 7.83. The van der Waals surface area contributed by atoms with Crippen LogP contribution in [-0.4, -0.2) is 16.1 Å². The van der Waals surface area contributed by atoms with Crippen molar-refractivity contribution >= 4 is 0 Å². The van der Waals surface area contributed by atoms with Gasteiger partial charge in [-0.1, -0.05) is 0 Å². The monoisotopic (exact) mass is 220 g/mol. The molecule has 1 rings (SSSR count). The van der Waals surface area contributed by atoms with Crippen molar-refractivity contribution in [2.45, 2.75) is 25.1 Å². The van der Waals surface area contributed by atoms with Crippen molar-refractivity contribution in [3.8, 4) is 0 Å². The van der Waals surface area contributed by atoms with Crippen molar-refractivity contribution in [2.24, 2.45) is 5.84 Å². The lowest BCUT2D eigenvalue weighted by molar-refractivity contribution is -0.136. The minimum absolute atomic E-state index is 0.177. The summed E-state index contributed by atoms with van der Waals surface area (Å²) in [6.07, 6.45) is -2.37. The first-order chi connectivity index (χ1) is 7.03. The highest BCUT2D eigenvalue weighted by Crippen LogP contribution is 2.25. The van der Waals surface area contributed by atoms with Crippen LogP contribution in [0.5, 0.6) is 0 Å². The molecule has 0 bridgehead atoms. The van der Waals surface area contributed by atoms with Crippen LogP contribution in [0.4, 0.5) is 13.2 Å². The molecule has 1 unspecified atom stereocenters. The Morgan fingerprint density at radius 1 is 1.33 bits per heavy atom. The van der Waals surface area contributed by atoms with E-state index in [9.17, 15) is 13.2 Å². The highest BCUT2D eigenvalue weighted by Gasteiger charge is 2.29. The average Bonchev–Trinajstić information content (AvgIpc) is 2.19. The largest absolute Gasteiger partial charge is 0.389 e. The smallest absolute Gasteiger partial charge is 0.271 e. The van der Waals surface area contributed by atoms with Crippen LogP contribution >= 0.6 is 0 Å². The zero-order chi connectivity index (χ0) is 11.3. The van der Waals surface area contributed by atoms with Crippen LogP contribution in [0, 0.1) is 0 Å². The number of rotatable bonds is 4. The van der Waals surface area contributed by atoms with Gasteiger partial charge in [-0.2, -0.15) is 13.2 Å². The first kappa shape index (κ1) is 11.9. The molecule has 0 aliphatic heterocycles. The number of nitrogens with two attached hydrogens (primary N) is 1. The van der Waals surface area contributed by atoms with Gasteiger partial charge < -0.3 is 0 Å². The molecule has 0 radical (unpaired) electrons. The molecule has 15 heavy (non-hydrogen) atoms. The summed E-state index contributed by atoms with van der Waals surface area (Å²) in [5, 5.41) is 0. The summed E-state index contributed by atoms with van der Waals surface area (Å²) in [5.41, 5.74) is 2.27. The van der Waals surface area contributed by atoms with Gasteiger partial charge in [0.2, 0.25) is 0 Å². The van der Waals surface area contributed by atoms with Gasteiger partial charge in [0, 0.05) is 18.8 Å². The lowest BCUT2D eigenvalue weighted by Crippen LogP contribution is -2.30. The van der Waals surface area contributed by atoms with Crippen LogP contribution in [0.1, 0.15) is 24.7 Å². The van der Waals surface area contributed by atoms with Crippen LogP contribution in [0.2, 0.25) is 0 Å². The lowest BCUT2D eigenvalue weighted by Gasteiger charge is -2.14. The fraction of sp³-hybridized carbons (Fsp3) is 0.500. The number of hydrazine groups is 1. The zero-order valence-electron chi connectivity index (χ0n) is 7.83. The summed E-state index contributed by atoms with van der Waals surface area (Å²) < 4.78 is 35.9. The van der Waals surface area contributed by atoms with E-state index in [1.807, 2.05) is 0 Å². The maximum absolute atomic E-state index is 12.0. The SMILES string of the molecule is NNC(CCC(F)(F)F)c1ncccn1. The second kappa shape index (κ2) is 5.04. The molecule has 0 aliphatic carbocycles. The molecule has 1 aromatic heterocycles. The van der Waals surface area contributed by atoms with Crippen molar-refractivity contribution in [1.82, 2.24) is 15.4 Å². The van der Waals surface area contributed by atoms with E-state index < -0.39 is 18.6 Å². The van der Waals surface area contributed by atoms with Gasteiger partial charge in [0.1, 0.15) is 5.82 Å². The quantitative estimate of drug-likeness (QED) is 0.593. The van der Waals surface area contributed by atoms with E-state index in [1.54, 1.807) is 6.07 Å². The predicted molar refractivity (Wildman–Crippen MR) is 47.4 cm³/mol. The van der Waals surface area contributed by atoms with Gasteiger partial charge in [-0.15, -0.1) is 0 Å². The molecule has 1 heterocycles. The van der Waals surface area contributed by atoms with Crippen LogP contribution in [0.3, 0.4) is 0 Å². The molecule has 4 nitrogen and oxygen atoms in total. The van der Waals surface area contributed by atoms with Gasteiger partial charge in [-0.3, -0.25) is 5.84 Å². The number of hydrogen-bond acceptors (Lipinski definition) is 4. The lowest BCUT2D eigenvalue weighted by atomic mass is 10.1. The number of aromatic nitrogens is 2. The fourth-order valence-corrected chi connectivity index (χ4v) is 1.09. The Bertz CT molecular complexity index is 288. The van der Waals surface area contributed by atoms with E-state index in [-0.39, 0.29) is 12.2 Å². The summed E-state index contributed by atoms with van der Waals surface area (Å²) in [5.74, 6) is 5.40. The van der Waals surface area contributed by atoms with Crippen LogP contribution in [0.15, 0.2) is 18.5 Å². The van der Waals surface area contributed by atoms with E-state index in [0.717, 1.165) is 0 Å². The fourth-order valence-electron chi connectivity index (χ4n) is 1.09. The third-order valence-electron chi connectivity index (χ3n) is 1.82. The third-order valence-corrected chi connectivity index (χ3v) is 1.82. The van der Waals surface area contributed by atoms with Gasteiger partial charge in [0.05, 0.1) is 6.04 Å². The second-order valence-corrected chi connectivity index (χ2v) is 2.98. The Kier molecular flexibility index (Phi) is 3.98. The van der Waals surface area contributed by atoms with Gasteiger partial charge in [0.15, 0.2) is 0 Å². The number of nitrogens with one attached hydrogen (secondary N) is 1. The average molecular weight is 220 g/mol. The summed E-state index contributed by atoms with van der Waals surface area (Å²) >= 11 is 0. The van der Waals surface area contributed by atoms with E-state index in [4.69, 9.17) is 5.84 Å². The Balaban J connectivity index is 2.58. The van der Waals surface area contributed by atoms with E-state index in [2.05, 4.69) is 15.4 Å². The molecule has 0 fully saturated rings. The normalized spacial score (nSPS) is 13.9. The van der Waals surface area contributed by atoms with Crippen molar-refractivity contribution in [3.63, 3.8) is 0 Å². The molecule has 1 aromatic rings. The van der Waals surface area contributed by atoms with Gasteiger partial charge in [-0.05, 0) is 12.5 Å². The van der Waals surface area contributed by atoms with Crippen LogP contribution in [0.25, 0.3) is 0 Å². The molecule has 0 aliphatic rings. The maximum Gasteiger partial charge on any atom is 0.389 e. The molecule has 3 N–H and O–H groups in total.